The molecule has 2 N–H and O–H groups in total. The lowest BCUT2D eigenvalue weighted by atomic mass is 10.1. The van der Waals surface area contributed by atoms with Crippen LogP contribution in [0.4, 0.5) is 4.39 Å². The van der Waals surface area contributed by atoms with Crippen molar-refractivity contribution in [2.75, 3.05) is 6.61 Å². The highest BCUT2D eigenvalue weighted by molar-refractivity contribution is 5.76. The third-order valence-corrected chi connectivity index (χ3v) is 2.76. The number of hydrogen-bond donors (Lipinski definition) is 2. The van der Waals surface area contributed by atoms with Crippen molar-refractivity contribution in [3.05, 3.63) is 35.6 Å². The summed E-state index contributed by atoms with van der Waals surface area (Å²) in [6.07, 6.45) is 2.48. The van der Waals surface area contributed by atoms with E-state index in [4.69, 9.17) is 5.11 Å². The second-order valence-electron chi connectivity index (χ2n) is 4.46. The minimum absolute atomic E-state index is 0.00948. The van der Waals surface area contributed by atoms with Gasteiger partial charge in [0.2, 0.25) is 5.91 Å². The fraction of sp³-hybridized carbons (Fsp3) is 0.500. The topological polar surface area (TPSA) is 49.3 Å². The van der Waals surface area contributed by atoms with E-state index in [-0.39, 0.29) is 24.4 Å². The van der Waals surface area contributed by atoms with E-state index in [2.05, 4.69) is 5.32 Å². The molecule has 1 rings (SSSR count). The molecule has 1 aromatic rings. The second kappa shape index (κ2) is 7.82. The van der Waals surface area contributed by atoms with Crippen molar-refractivity contribution >= 4 is 5.91 Å². The van der Waals surface area contributed by atoms with Gasteiger partial charge in [-0.15, -0.1) is 0 Å². The minimum Gasteiger partial charge on any atom is -0.396 e. The number of benzene rings is 1. The van der Waals surface area contributed by atoms with E-state index in [1.807, 2.05) is 6.92 Å². The number of aliphatic hydroxyl groups is 1. The Morgan fingerprint density at radius 1 is 1.39 bits per heavy atom. The molecule has 0 radical (unpaired) electrons. The Labute approximate surface area is 107 Å². The van der Waals surface area contributed by atoms with Gasteiger partial charge in [-0.05, 0) is 43.9 Å². The zero-order valence-corrected chi connectivity index (χ0v) is 10.7. The normalized spacial score (nSPS) is 12.2. The van der Waals surface area contributed by atoms with Crippen LogP contribution in [0.25, 0.3) is 0 Å². The van der Waals surface area contributed by atoms with Gasteiger partial charge >= 0.3 is 0 Å². The summed E-state index contributed by atoms with van der Waals surface area (Å²) in [7, 11) is 0. The smallest absolute Gasteiger partial charge is 0.220 e. The molecule has 0 saturated carbocycles. The Bertz CT molecular complexity index is 365. The number of carbonyl (C=O) groups excluding carboxylic acids is 1. The van der Waals surface area contributed by atoms with Crippen LogP contribution in [0.5, 0.6) is 0 Å². The maximum atomic E-state index is 12.7. The Balaban J connectivity index is 2.26. The van der Waals surface area contributed by atoms with Gasteiger partial charge in [0, 0.05) is 19.1 Å². The molecule has 0 spiro atoms. The number of nitrogens with one attached hydrogen (secondary N) is 1. The summed E-state index contributed by atoms with van der Waals surface area (Å²) in [5.41, 5.74) is 0.953. The molecule has 0 fully saturated rings. The molecule has 1 atom stereocenters. The van der Waals surface area contributed by atoms with Gasteiger partial charge in [-0.2, -0.15) is 0 Å². The first-order valence-corrected chi connectivity index (χ1v) is 6.26. The number of rotatable bonds is 7. The highest BCUT2D eigenvalue weighted by Crippen LogP contribution is 2.05. The number of aliphatic hydroxyl groups excluding tert-OH is 1. The van der Waals surface area contributed by atoms with Crippen molar-refractivity contribution < 1.29 is 14.3 Å². The van der Waals surface area contributed by atoms with Gasteiger partial charge in [0.15, 0.2) is 0 Å². The molecular formula is C14H20FNO2. The van der Waals surface area contributed by atoms with E-state index < -0.39 is 0 Å². The maximum absolute atomic E-state index is 12.7. The Morgan fingerprint density at radius 3 is 2.67 bits per heavy atom. The van der Waals surface area contributed by atoms with Gasteiger partial charge in [-0.3, -0.25) is 4.79 Å². The molecule has 0 aliphatic heterocycles. The summed E-state index contributed by atoms with van der Waals surface area (Å²) >= 11 is 0. The van der Waals surface area contributed by atoms with Crippen LogP contribution in [-0.4, -0.2) is 23.7 Å². The lowest BCUT2D eigenvalue weighted by Gasteiger charge is -2.13. The largest absolute Gasteiger partial charge is 0.396 e. The number of carbonyl (C=O) groups is 1. The Kier molecular flexibility index (Phi) is 6.36. The molecule has 4 heteroatoms. The van der Waals surface area contributed by atoms with Crippen molar-refractivity contribution in [3.8, 4) is 0 Å². The fourth-order valence-corrected chi connectivity index (χ4v) is 1.73. The molecule has 0 aromatic heterocycles. The molecule has 0 heterocycles. The summed E-state index contributed by atoms with van der Waals surface area (Å²) in [5.74, 6) is -0.273. The molecule has 18 heavy (non-hydrogen) atoms. The predicted molar refractivity (Wildman–Crippen MR) is 68.6 cm³/mol. The molecular weight excluding hydrogens is 233 g/mol. The first kappa shape index (κ1) is 14.6. The van der Waals surface area contributed by atoms with Crippen LogP contribution in [0.3, 0.4) is 0 Å². The third kappa shape index (κ3) is 5.77. The van der Waals surface area contributed by atoms with Crippen molar-refractivity contribution in [3.63, 3.8) is 0 Å². The van der Waals surface area contributed by atoms with Crippen LogP contribution in [0, 0.1) is 5.82 Å². The molecule has 3 nitrogen and oxygen atoms in total. The number of halogens is 1. The molecule has 1 amide bonds. The summed E-state index contributed by atoms with van der Waals surface area (Å²) < 4.78 is 12.7. The van der Waals surface area contributed by atoms with Crippen molar-refractivity contribution in [2.45, 2.75) is 38.6 Å². The molecule has 1 aromatic carbocycles. The summed E-state index contributed by atoms with van der Waals surface area (Å²) in [6, 6.07) is 6.27. The van der Waals surface area contributed by atoms with Gasteiger partial charge in [0.1, 0.15) is 5.82 Å². The maximum Gasteiger partial charge on any atom is 0.220 e. The predicted octanol–water partition coefficient (Wildman–Crippen LogP) is 2.04. The van der Waals surface area contributed by atoms with Gasteiger partial charge in [0.25, 0.3) is 0 Å². The molecule has 0 aliphatic carbocycles. The molecule has 0 aliphatic rings. The molecule has 0 bridgehead atoms. The Hall–Kier alpha value is -1.42. The van der Waals surface area contributed by atoms with Crippen LogP contribution in [-0.2, 0) is 11.2 Å². The molecule has 100 valence electrons. The van der Waals surface area contributed by atoms with E-state index in [0.29, 0.717) is 19.3 Å². The highest BCUT2D eigenvalue weighted by atomic mass is 19.1. The zero-order valence-electron chi connectivity index (χ0n) is 10.7. The average Bonchev–Trinajstić information content (AvgIpc) is 2.35. The van der Waals surface area contributed by atoms with Crippen molar-refractivity contribution in [1.29, 1.82) is 0 Å². The fourth-order valence-electron chi connectivity index (χ4n) is 1.73. The van der Waals surface area contributed by atoms with E-state index in [9.17, 15) is 9.18 Å². The van der Waals surface area contributed by atoms with Gasteiger partial charge in [-0.1, -0.05) is 12.1 Å². The summed E-state index contributed by atoms with van der Waals surface area (Å²) in [5, 5.41) is 11.6. The standard InChI is InChI=1S/C14H20FNO2/c1-11(3-2-10-17)16-14(18)9-6-12-4-7-13(15)8-5-12/h4-5,7-8,11,17H,2-3,6,9-10H2,1H3,(H,16,18). The van der Waals surface area contributed by atoms with Gasteiger partial charge in [-0.25, -0.2) is 4.39 Å². The first-order valence-electron chi connectivity index (χ1n) is 6.26. The summed E-state index contributed by atoms with van der Waals surface area (Å²) in [4.78, 5) is 11.6. The SMILES string of the molecule is CC(CCCO)NC(=O)CCc1ccc(F)cc1. The second-order valence-corrected chi connectivity index (χ2v) is 4.46. The van der Waals surface area contributed by atoms with Gasteiger partial charge in [0.05, 0.1) is 0 Å². The van der Waals surface area contributed by atoms with E-state index in [1.165, 1.54) is 12.1 Å². The molecule has 0 saturated heterocycles. The average molecular weight is 253 g/mol. The lowest BCUT2D eigenvalue weighted by molar-refractivity contribution is -0.121. The van der Waals surface area contributed by atoms with E-state index in [1.54, 1.807) is 12.1 Å². The van der Waals surface area contributed by atoms with Crippen LogP contribution < -0.4 is 5.32 Å². The first-order chi connectivity index (χ1) is 8.61. The van der Waals surface area contributed by atoms with E-state index in [0.717, 1.165) is 12.0 Å². The van der Waals surface area contributed by atoms with Gasteiger partial charge < -0.3 is 10.4 Å². The van der Waals surface area contributed by atoms with Crippen LogP contribution in [0.1, 0.15) is 31.7 Å². The number of amides is 1. The highest BCUT2D eigenvalue weighted by Gasteiger charge is 2.07. The monoisotopic (exact) mass is 253 g/mol. The van der Waals surface area contributed by atoms with E-state index >= 15 is 0 Å². The van der Waals surface area contributed by atoms with Crippen molar-refractivity contribution in [2.24, 2.45) is 0 Å². The van der Waals surface area contributed by atoms with Crippen LogP contribution in [0.15, 0.2) is 24.3 Å². The van der Waals surface area contributed by atoms with Crippen LogP contribution in [0.2, 0.25) is 0 Å². The summed E-state index contributed by atoms with van der Waals surface area (Å²) in [6.45, 7) is 2.07. The lowest BCUT2D eigenvalue weighted by Crippen LogP contribution is -2.32. The zero-order chi connectivity index (χ0) is 13.4. The molecule has 1 unspecified atom stereocenters. The quantitative estimate of drug-likeness (QED) is 0.781. The van der Waals surface area contributed by atoms with Crippen LogP contribution >= 0.6 is 0 Å². The minimum atomic E-state index is -0.263. The Morgan fingerprint density at radius 2 is 2.06 bits per heavy atom. The van der Waals surface area contributed by atoms with Crippen molar-refractivity contribution in [1.82, 2.24) is 5.32 Å². The number of aryl methyl sites for hydroxylation is 1. The number of hydrogen-bond acceptors (Lipinski definition) is 2. The third-order valence-electron chi connectivity index (χ3n) is 2.76.